The number of hydrogen-bond donors (Lipinski definition) is 1. The first kappa shape index (κ1) is 23.6. The highest BCUT2D eigenvalue weighted by Gasteiger charge is 2.14. The molecule has 1 heterocycles. The van der Waals surface area contributed by atoms with Gasteiger partial charge in [0.1, 0.15) is 17.2 Å². The third-order valence-electron chi connectivity index (χ3n) is 5.03. The third kappa shape index (κ3) is 5.57. The molecule has 2 aromatic carbocycles. The van der Waals surface area contributed by atoms with E-state index >= 15 is 0 Å². The summed E-state index contributed by atoms with van der Waals surface area (Å²) < 4.78 is 16.1. The Labute approximate surface area is 193 Å². The lowest BCUT2D eigenvalue weighted by atomic mass is 10.1. The minimum atomic E-state index is -0.114. The van der Waals surface area contributed by atoms with Gasteiger partial charge >= 0.3 is 0 Å². The summed E-state index contributed by atoms with van der Waals surface area (Å²) in [5.41, 5.74) is 4.89. The van der Waals surface area contributed by atoms with Crippen molar-refractivity contribution >= 4 is 22.4 Å². The smallest absolute Gasteiger partial charge is 0.240 e. The molecule has 1 aromatic heterocycles. The average molecular weight is 456 g/mol. The molecule has 0 saturated carbocycles. The molecule has 8 heteroatoms. The zero-order valence-electron chi connectivity index (χ0n) is 19.3. The molecule has 1 amide bonds. The number of amides is 1. The maximum Gasteiger partial charge on any atom is 0.240 e. The van der Waals surface area contributed by atoms with E-state index in [2.05, 4.69) is 22.4 Å². The summed E-state index contributed by atoms with van der Waals surface area (Å²) in [6, 6.07) is 9.74. The molecule has 32 heavy (non-hydrogen) atoms. The van der Waals surface area contributed by atoms with Crippen LogP contribution < -0.4 is 19.5 Å². The minimum absolute atomic E-state index is 0.114. The number of nitrogens with one attached hydrogen (secondary N) is 1. The molecule has 0 radical (unpaired) electrons. The number of benzene rings is 2. The van der Waals surface area contributed by atoms with E-state index in [0.717, 1.165) is 33.7 Å². The number of aryl methyl sites for hydroxylation is 2. The molecule has 0 unspecified atom stereocenters. The zero-order valence-corrected chi connectivity index (χ0v) is 20.1. The number of methoxy groups -OCH3 is 3. The summed E-state index contributed by atoms with van der Waals surface area (Å²) in [6.45, 7) is 4.97. The van der Waals surface area contributed by atoms with Crippen LogP contribution in [0.5, 0.6) is 17.2 Å². The van der Waals surface area contributed by atoms with Crippen LogP contribution >= 0.6 is 11.3 Å². The first-order chi connectivity index (χ1) is 15.3. The Morgan fingerprint density at radius 2 is 1.78 bits per heavy atom. The fraction of sp³-hybridized carbons (Fsp3) is 0.333. The van der Waals surface area contributed by atoms with Crippen molar-refractivity contribution in [1.29, 1.82) is 0 Å². The monoisotopic (exact) mass is 455 g/mol. The summed E-state index contributed by atoms with van der Waals surface area (Å²) in [5.74, 6) is 2.16. The molecule has 7 nitrogen and oxygen atoms in total. The van der Waals surface area contributed by atoms with Crippen molar-refractivity contribution in [3.05, 3.63) is 52.4 Å². The standard InChI is InChI=1S/C24H29N3O4S/c1-15-9-17(10-16(2)23(15)31-6)12-27(3)13-22(28)26-24-25-20(14-32-24)19-8-7-18(29-4)11-21(19)30-5/h7-11,14H,12-13H2,1-6H3,(H,25,26,28). The van der Waals surface area contributed by atoms with E-state index in [1.807, 2.05) is 49.4 Å². The highest BCUT2D eigenvalue weighted by molar-refractivity contribution is 7.14. The average Bonchev–Trinajstić information content (AvgIpc) is 3.20. The summed E-state index contributed by atoms with van der Waals surface area (Å²) >= 11 is 1.38. The number of likely N-dealkylation sites (N-methyl/N-ethyl adjacent to an activating group) is 1. The SMILES string of the molecule is COc1ccc(-c2csc(NC(=O)CN(C)Cc3cc(C)c(OC)c(C)c3)n2)c(OC)c1. The number of ether oxygens (including phenoxy) is 3. The van der Waals surface area contributed by atoms with Gasteiger partial charge in [0.05, 0.1) is 33.6 Å². The Balaban J connectivity index is 1.62. The van der Waals surface area contributed by atoms with Crippen LogP contribution in [0.1, 0.15) is 16.7 Å². The number of rotatable bonds is 9. The van der Waals surface area contributed by atoms with Crippen LogP contribution in [0.4, 0.5) is 5.13 Å². The van der Waals surface area contributed by atoms with Gasteiger partial charge in [0.15, 0.2) is 5.13 Å². The highest BCUT2D eigenvalue weighted by Crippen LogP contribution is 2.34. The molecular weight excluding hydrogens is 426 g/mol. The van der Waals surface area contributed by atoms with Crippen LogP contribution in [0.25, 0.3) is 11.3 Å². The second-order valence-electron chi connectivity index (χ2n) is 7.59. The lowest BCUT2D eigenvalue weighted by Crippen LogP contribution is -2.29. The van der Waals surface area contributed by atoms with Gasteiger partial charge in [-0.25, -0.2) is 4.98 Å². The second-order valence-corrected chi connectivity index (χ2v) is 8.45. The Hall–Kier alpha value is -3.10. The first-order valence-electron chi connectivity index (χ1n) is 10.1. The van der Waals surface area contributed by atoms with Gasteiger partial charge in [0, 0.05) is 23.6 Å². The molecule has 0 saturated heterocycles. The molecule has 1 N–H and O–H groups in total. The highest BCUT2D eigenvalue weighted by atomic mass is 32.1. The van der Waals surface area contributed by atoms with E-state index in [0.29, 0.717) is 23.2 Å². The van der Waals surface area contributed by atoms with Crippen molar-refractivity contribution in [1.82, 2.24) is 9.88 Å². The second kappa shape index (κ2) is 10.5. The van der Waals surface area contributed by atoms with Gasteiger partial charge in [0.25, 0.3) is 0 Å². The Morgan fingerprint density at radius 3 is 2.41 bits per heavy atom. The van der Waals surface area contributed by atoms with E-state index in [1.165, 1.54) is 11.3 Å². The van der Waals surface area contributed by atoms with E-state index in [1.54, 1.807) is 21.3 Å². The van der Waals surface area contributed by atoms with Crippen molar-refractivity contribution in [2.45, 2.75) is 20.4 Å². The number of thiazole rings is 1. The van der Waals surface area contributed by atoms with Gasteiger partial charge in [-0.3, -0.25) is 9.69 Å². The molecule has 3 aromatic rings. The van der Waals surface area contributed by atoms with E-state index in [-0.39, 0.29) is 12.5 Å². The predicted octanol–water partition coefficient (Wildman–Crippen LogP) is 4.52. The van der Waals surface area contributed by atoms with Gasteiger partial charge in [-0.15, -0.1) is 11.3 Å². The molecular formula is C24H29N3O4S. The van der Waals surface area contributed by atoms with Crippen molar-refractivity contribution in [2.75, 3.05) is 40.2 Å². The van der Waals surface area contributed by atoms with Gasteiger partial charge in [0.2, 0.25) is 5.91 Å². The molecule has 3 rings (SSSR count). The van der Waals surface area contributed by atoms with Crippen LogP contribution in [0, 0.1) is 13.8 Å². The van der Waals surface area contributed by atoms with Crippen LogP contribution in [0.3, 0.4) is 0 Å². The van der Waals surface area contributed by atoms with Crippen molar-refractivity contribution in [3.63, 3.8) is 0 Å². The van der Waals surface area contributed by atoms with Gasteiger partial charge in [-0.05, 0) is 49.7 Å². The maximum absolute atomic E-state index is 12.6. The summed E-state index contributed by atoms with van der Waals surface area (Å²) in [5, 5.41) is 5.34. The summed E-state index contributed by atoms with van der Waals surface area (Å²) in [7, 11) is 6.82. The molecule has 0 spiro atoms. The summed E-state index contributed by atoms with van der Waals surface area (Å²) in [4.78, 5) is 19.1. The normalized spacial score (nSPS) is 10.8. The Bertz CT molecular complexity index is 1070. The molecule has 0 aliphatic carbocycles. The number of nitrogens with zero attached hydrogens (tertiary/aromatic N) is 2. The van der Waals surface area contributed by atoms with Gasteiger partial charge in [-0.2, -0.15) is 0 Å². The van der Waals surface area contributed by atoms with Crippen LogP contribution in [-0.4, -0.2) is 50.7 Å². The Morgan fingerprint density at radius 1 is 1.06 bits per heavy atom. The van der Waals surface area contributed by atoms with Gasteiger partial charge < -0.3 is 19.5 Å². The number of anilines is 1. The lowest BCUT2D eigenvalue weighted by Gasteiger charge is -2.18. The first-order valence-corrected chi connectivity index (χ1v) is 11.0. The van der Waals surface area contributed by atoms with Crippen molar-refractivity contribution in [2.24, 2.45) is 0 Å². The Kier molecular flexibility index (Phi) is 7.71. The minimum Gasteiger partial charge on any atom is -0.497 e. The fourth-order valence-electron chi connectivity index (χ4n) is 3.69. The van der Waals surface area contributed by atoms with E-state index in [4.69, 9.17) is 14.2 Å². The number of hydrogen-bond acceptors (Lipinski definition) is 7. The van der Waals surface area contributed by atoms with E-state index < -0.39 is 0 Å². The largest absolute Gasteiger partial charge is 0.497 e. The van der Waals surface area contributed by atoms with Crippen LogP contribution in [-0.2, 0) is 11.3 Å². The molecule has 0 fully saturated rings. The molecule has 0 bridgehead atoms. The number of aromatic nitrogens is 1. The fourth-order valence-corrected chi connectivity index (χ4v) is 4.42. The zero-order chi connectivity index (χ0) is 23.3. The molecule has 0 aliphatic heterocycles. The molecule has 170 valence electrons. The molecule has 0 aliphatic rings. The number of carbonyl (C=O) groups is 1. The van der Waals surface area contributed by atoms with Crippen LogP contribution in [0.15, 0.2) is 35.7 Å². The number of carbonyl (C=O) groups excluding carboxylic acids is 1. The molecule has 0 atom stereocenters. The van der Waals surface area contributed by atoms with Crippen LogP contribution in [0.2, 0.25) is 0 Å². The quantitative estimate of drug-likeness (QED) is 0.511. The third-order valence-corrected chi connectivity index (χ3v) is 5.78. The van der Waals surface area contributed by atoms with Gasteiger partial charge in [-0.1, -0.05) is 12.1 Å². The van der Waals surface area contributed by atoms with Crippen molar-refractivity contribution in [3.8, 4) is 28.5 Å². The lowest BCUT2D eigenvalue weighted by molar-refractivity contribution is -0.117. The van der Waals surface area contributed by atoms with Crippen molar-refractivity contribution < 1.29 is 19.0 Å². The van der Waals surface area contributed by atoms with E-state index in [9.17, 15) is 4.79 Å². The maximum atomic E-state index is 12.6. The topological polar surface area (TPSA) is 72.9 Å². The predicted molar refractivity (Wildman–Crippen MR) is 128 cm³/mol. The summed E-state index contributed by atoms with van der Waals surface area (Å²) in [6.07, 6.45) is 0.